The maximum Gasteiger partial charge on any atom is 0.232 e. The Kier molecular flexibility index (Phi) is 3.00. The van der Waals surface area contributed by atoms with Crippen LogP contribution in [0.3, 0.4) is 0 Å². The summed E-state index contributed by atoms with van der Waals surface area (Å²) in [6.45, 7) is 2.21. The van der Waals surface area contributed by atoms with E-state index in [0.29, 0.717) is 17.9 Å². The van der Waals surface area contributed by atoms with Gasteiger partial charge in [0.05, 0.1) is 11.9 Å². The SMILES string of the molecule is CCN(c1ccc(N)cc1)S(C)(=O)=O. The first kappa shape index (κ1) is 10.8. The number of benzene rings is 1. The highest BCUT2D eigenvalue weighted by molar-refractivity contribution is 7.92. The van der Waals surface area contributed by atoms with Crippen molar-refractivity contribution in [1.29, 1.82) is 0 Å². The molecule has 2 N–H and O–H groups in total. The van der Waals surface area contributed by atoms with E-state index in [2.05, 4.69) is 0 Å². The van der Waals surface area contributed by atoms with Crippen molar-refractivity contribution in [2.45, 2.75) is 6.92 Å². The third-order valence-electron chi connectivity index (χ3n) is 1.87. The summed E-state index contributed by atoms with van der Waals surface area (Å²) in [5, 5.41) is 0. The standard InChI is InChI=1S/C9H14N2O2S/c1-3-11(14(2,12)13)9-6-4-8(10)5-7-9/h4-7H,3,10H2,1-2H3. The van der Waals surface area contributed by atoms with Crippen LogP contribution in [0, 0.1) is 0 Å². The summed E-state index contributed by atoms with van der Waals surface area (Å²) in [6.07, 6.45) is 1.19. The van der Waals surface area contributed by atoms with Crippen LogP contribution in [0.4, 0.5) is 11.4 Å². The lowest BCUT2D eigenvalue weighted by Gasteiger charge is -2.20. The van der Waals surface area contributed by atoms with Crippen molar-refractivity contribution < 1.29 is 8.42 Å². The molecule has 0 spiro atoms. The lowest BCUT2D eigenvalue weighted by Crippen LogP contribution is -2.29. The first-order chi connectivity index (χ1) is 6.45. The van der Waals surface area contributed by atoms with Gasteiger partial charge in [-0.25, -0.2) is 8.42 Å². The van der Waals surface area contributed by atoms with Gasteiger partial charge in [-0.2, -0.15) is 0 Å². The van der Waals surface area contributed by atoms with Crippen LogP contribution in [0.25, 0.3) is 0 Å². The van der Waals surface area contributed by atoms with Gasteiger partial charge in [0.15, 0.2) is 0 Å². The van der Waals surface area contributed by atoms with E-state index in [4.69, 9.17) is 5.73 Å². The molecular weight excluding hydrogens is 200 g/mol. The van der Waals surface area contributed by atoms with E-state index in [0.717, 1.165) is 0 Å². The number of nitrogens with zero attached hydrogens (tertiary/aromatic N) is 1. The highest BCUT2D eigenvalue weighted by Crippen LogP contribution is 2.18. The van der Waals surface area contributed by atoms with Crippen LogP contribution in [0.2, 0.25) is 0 Å². The van der Waals surface area contributed by atoms with Gasteiger partial charge in [-0.15, -0.1) is 0 Å². The van der Waals surface area contributed by atoms with Gasteiger partial charge in [-0.3, -0.25) is 4.31 Å². The van der Waals surface area contributed by atoms with Crippen molar-refractivity contribution in [3.05, 3.63) is 24.3 Å². The summed E-state index contributed by atoms with van der Waals surface area (Å²) in [7, 11) is -3.19. The molecule has 0 aliphatic carbocycles. The van der Waals surface area contributed by atoms with Gasteiger partial charge >= 0.3 is 0 Å². The van der Waals surface area contributed by atoms with E-state index in [1.165, 1.54) is 10.6 Å². The zero-order valence-corrected chi connectivity index (χ0v) is 9.08. The van der Waals surface area contributed by atoms with Crippen molar-refractivity contribution in [2.24, 2.45) is 0 Å². The van der Waals surface area contributed by atoms with Crippen molar-refractivity contribution in [3.63, 3.8) is 0 Å². The number of nitrogen functional groups attached to an aromatic ring is 1. The van der Waals surface area contributed by atoms with Crippen LogP contribution in [-0.4, -0.2) is 21.2 Å². The average Bonchev–Trinajstić information content (AvgIpc) is 2.07. The maximum absolute atomic E-state index is 11.3. The van der Waals surface area contributed by atoms with Crippen molar-refractivity contribution in [2.75, 3.05) is 22.8 Å². The molecule has 78 valence electrons. The van der Waals surface area contributed by atoms with Crippen molar-refractivity contribution in [1.82, 2.24) is 0 Å². The number of sulfonamides is 1. The molecule has 5 heteroatoms. The molecular formula is C9H14N2O2S. The van der Waals surface area contributed by atoms with Gasteiger partial charge in [-0.05, 0) is 31.2 Å². The van der Waals surface area contributed by atoms with E-state index in [1.54, 1.807) is 31.2 Å². The predicted octanol–water partition coefficient (Wildman–Crippen LogP) is 1.05. The Morgan fingerprint density at radius 2 is 1.79 bits per heavy atom. The lowest BCUT2D eigenvalue weighted by atomic mass is 10.3. The predicted molar refractivity (Wildman–Crippen MR) is 58.7 cm³/mol. The zero-order chi connectivity index (χ0) is 10.8. The fraction of sp³-hybridized carbons (Fsp3) is 0.333. The van der Waals surface area contributed by atoms with E-state index in [1.807, 2.05) is 0 Å². The first-order valence-electron chi connectivity index (χ1n) is 4.28. The molecule has 1 aromatic rings. The Bertz CT molecular complexity index is 397. The molecule has 0 amide bonds. The third kappa shape index (κ3) is 2.38. The highest BCUT2D eigenvalue weighted by Gasteiger charge is 2.14. The average molecular weight is 214 g/mol. The quantitative estimate of drug-likeness (QED) is 0.765. The van der Waals surface area contributed by atoms with Gasteiger partial charge in [0.25, 0.3) is 0 Å². The topological polar surface area (TPSA) is 63.4 Å². The molecule has 0 atom stereocenters. The van der Waals surface area contributed by atoms with Crippen LogP contribution in [0.5, 0.6) is 0 Å². The summed E-state index contributed by atoms with van der Waals surface area (Å²) in [5.74, 6) is 0. The molecule has 0 bridgehead atoms. The molecule has 0 unspecified atom stereocenters. The van der Waals surface area contributed by atoms with Gasteiger partial charge in [-0.1, -0.05) is 0 Å². The molecule has 0 aromatic heterocycles. The second-order valence-corrected chi connectivity index (χ2v) is 4.93. The van der Waals surface area contributed by atoms with Crippen LogP contribution < -0.4 is 10.0 Å². The molecule has 0 fully saturated rings. The summed E-state index contributed by atoms with van der Waals surface area (Å²) in [5.41, 5.74) is 6.78. The Labute approximate surface area is 84.4 Å². The van der Waals surface area contributed by atoms with Crippen LogP contribution >= 0.6 is 0 Å². The van der Waals surface area contributed by atoms with Gasteiger partial charge in [0.1, 0.15) is 0 Å². The Morgan fingerprint density at radius 1 is 1.29 bits per heavy atom. The summed E-state index contributed by atoms with van der Waals surface area (Å²) in [6, 6.07) is 6.76. The third-order valence-corrected chi connectivity index (χ3v) is 3.14. The van der Waals surface area contributed by atoms with E-state index < -0.39 is 10.0 Å². The number of rotatable bonds is 3. The maximum atomic E-state index is 11.3. The molecule has 1 rings (SSSR count). The lowest BCUT2D eigenvalue weighted by molar-refractivity contribution is 0.598. The van der Waals surface area contributed by atoms with Gasteiger partial charge in [0.2, 0.25) is 10.0 Å². The zero-order valence-electron chi connectivity index (χ0n) is 8.27. The smallest absolute Gasteiger partial charge is 0.232 e. The molecule has 0 heterocycles. The number of hydrogen-bond acceptors (Lipinski definition) is 3. The fourth-order valence-electron chi connectivity index (χ4n) is 1.25. The second-order valence-electron chi connectivity index (χ2n) is 3.02. The minimum absolute atomic E-state index is 0.419. The van der Waals surface area contributed by atoms with E-state index in [9.17, 15) is 8.42 Å². The molecule has 14 heavy (non-hydrogen) atoms. The second kappa shape index (κ2) is 3.88. The summed E-state index contributed by atoms with van der Waals surface area (Å²) < 4.78 is 24.0. The number of hydrogen-bond donors (Lipinski definition) is 1. The minimum Gasteiger partial charge on any atom is -0.399 e. The molecule has 0 aliphatic heterocycles. The van der Waals surface area contributed by atoms with Crippen molar-refractivity contribution in [3.8, 4) is 0 Å². The van der Waals surface area contributed by atoms with E-state index in [-0.39, 0.29) is 0 Å². The van der Waals surface area contributed by atoms with Crippen LogP contribution in [0.1, 0.15) is 6.92 Å². The molecule has 0 saturated heterocycles. The fourth-order valence-corrected chi connectivity index (χ4v) is 2.22. The number of nitrogens with two attached hydrogens (primary N) is 1. The largest absolute Gasteiger partial charge is 0.399 e. The molecule has 4 nitrogen and oxygen atoms in total. The normalized spacial score (nSPS) is 11.3. The van der Waals surface area contributed by atoms with Gasteiger partial charge in [0, 0.05) is 12.2 Å². The summed E-state index contributed by atoms with van der Waals surface area (Å²) in [4.78, 5) is 0. The number of anilines is 2. The van der Waals surface area contributed by atoms with Crippen LogP contribution in [0.15, 0.2) is 24.3 Å². The summed E-state index contributed by atoms with van der Waals surface area (Å²) >= 11 is 0. The Balaban J connectivity index is 3.08. The molecule has 1 aromatic carbocycles. The monoisotopic (exact) mass is 214 g/mol. The first-order valence-corrected chi connectivity index (χ1v) is 6.13. The van der Waals surface area contributed by atoms with Crippen LogP contribution in [-0.2, 0) is 10.0 Å². The van der Waals surface area contributed by atoms with Gasteiger partial charge < -0.3 is 5.73 Å². The molecule has 0 aliphatic rings. The Hall–Kier alpha value is -1.23. The Morgan fingerprint density at radius 3 is 2.14 bits per heavy atom. The minimum atomic E-state index is -3.19. The van der Waals surface area contributed by atoms with E-state index >= 15 is 0 Å². The highest BCUT2D eigenvalue weighted by atomic mass is 32.2. The molecule has 0 radical (unpaired) electrons. The van der Waals surface area contributed by atoms with Crippen molar-refractivity contribution >= 4 is 21.4 Å². The molecule has 0 saturated carbocycles.